The third-order valence-corrected chi connectivity index (χ3v) is 6.11. The Kier molecular flexibility index (Phi) is 6.61. The monoisotopic (exact) mass is 409 g/mol. The molecular formula is C22H23N3O3S. The summed E-state index contributed by atoms with van der Waals surface area (Å²) in [6.07, 6.45) is 4.20. The molecule has 2 N–H and O–H groups in total. The van der Waals surface area contributed by atoms with E-state index in [4.69, 9.17) is 0 Å². The van der Waals surface area contributed by atoms with E-state index in [1.165, 1.54) is 12.1 Å². The van der Waals surface area contributed by atoms with Gasteiger partial charge in [0.1, 0.15) is 0 Å². The zero-order valence-electron chi connectivity index (χ0n) is 16.1. The lowest BCUT2D eigenvalue weighted by Crippen LogP contribution is -2.28. The number of sulfone groups is 1. The van der Waals surface area contributed by atoms with Gasteiger partial charge in [0.15, 0.2) is 9.84 Å². The molecule has 0 saturated heterocycles. The number of carbonyl (C=O) groups excluding carboxylic acids is 1. The average molecular weight is 410 g/mol. The van der Waals surface area contributed by atoms with Gasteiger partial charge in [0, 0.05) is 24.6 Å². The number of benzene rings is 2. The van der Waals surface area contributed by atoms with E-state index in [2.05, 4.69) is 15.6 Å². The van der Waals surface area contributed by atoms with Gasteiger partial charge in [-0.1, -0.05) is 37.3 Å². The molecule has 6 nitrogen and oxygen atoms in total. The summed E-state index contributed by atoms with van der Waals surface area (Å²) in [5.41, 5.74) is 3.27. The molecule has 2 aromatic carbocycles. The number of nitrogens with one attached hydrogen (secondary N) is 2. The highest BCUT2D eigenvalue weighted by Gasteiger charge is 2.15. The Hall–Kier alpha value is -3.19. The SMILES string of the molecule is CCc1cccc(CS(=O)(=O)c2ccc(NC(=O)NCc3cccnc3)cc2)c1. The van der Waals surface area contributed by atoms with Crippen LogP contribution in [0.25, 0.3) is 0 Å². The third kappa shape index (κ3) is 5.89. The van der Waals surface area contributed by atoms with Crippen molar-refractivity contribution in [2.45, 2.75) is 30.5 Å². The number of hydrogen-bond acceptors (Lipinski definition) is 4. The molecule has 1 aromatic heterocycles. The van der Waals surface area contributed by atoms with Crippen molar-refractivity contribution in [1.29, 1.82) is 0 Å². The molecule has 0 spiro atoms. The molecular weight excluding hydrogens is 386 g/mol. The summed E-state index contributed by atoms with van der Waals surface area (Å²) < 4.78 is 25.4. The molecule has 0 aliphatic heterocycles. The van der Waals surface area contributed by atoms with E-state index >= 15 is 0 Å². The zero-order chi connectivity index (χ0) is 20.7. The molecule has 0 atom stereocenters. The van der Waals surface area contributed by atoms with Crippen LogP contribution in [0.4, 0.5) is 10.5 Å². The minimum absolute atomic E-state index is 0.0563. The number of rotatable bonds is 7. The number of aryl methyl sites for hydroxylation is 1. The molecule has 2 amide bonds. The maximum atomic E-state index is 12.7. The van der Waals surface area contributed by atoms with Crippen LogP contribution in [0, 0.1) is 0 Å². The van der Waals surface area contributed by atoms with Crippen LogP contribution in [0.15, 0.2) is 78.0 Å². The van der Waals surface area contributed by atoms with Crippen LogP contribution in [0.2, 0.25) is 0 Å². The van der Waals surface area contributed by atoms with Crippen molar-refractivity contribution < 1.29 is 13.2 Å². The predicted molar refractivity (Wildman–Crippen MR) is 113 cm³/mol. The second kappa shape index (κ2) is 9.34. The number of urea groups is 1. The van der Waals surface area contributed by atoms with Crippen molar-refractivity contribution in [1.82, 2.24) is 10.3 Å². The van der Waals surface area contributed by atoms with E-state index in [1.807, 2.05) is 37.3 Å². The number of nitrogens with zero attached hydrogens (tertiary/aromatic N) is 1. The average Bonchev–Trinajstić information content (AvgIpc) is 2.73. The summed E-state index contributed by atoms with van der Waals surface area (Å²) >= 11 is 0. The van der Waals surface area contributed by atoms with Gasteiger partial charge in [0.2, 0.25) is 0 Å². The topological polar surface area (TPSA) is 88.2 Å². The second-order valence-corrected chi connectivity index (χ2v) is 8.62. The molecule has 0 aliphatic rings. The van der Waals surface area contributed by atoms with Gasteiger partial charge in [0.05, 0.1) is 10.6 Å². The molecule has 1 heterocycles. The highest BCUT2D eigenvalue weighted by Crippen LogP contribution is 2.19. The fourth-order valence-corrected chi connectivity index (χ4v) is 4.18. The van der Waals surface area contributed by atoms with Crippen molar-refractivity contribution >= 4 is 21.6 Å². The summed E-state index contributed by atoms with van der Waals surface area (Å²) in [7, 11) is -3.47. The van der Waals surface area contributed by atoms with Crippen molar-refractivity contribution in [3.8, 4) is 0 Å². The van der Waals surface area contributed by atoms with Crippen molar-refractivity contribution in [3.05, 3.63) is 89.7 Å². The molecule has 29 heavy (non-hydrogen) atoms. The highest BCUT2D eigenvalue weighted by molar-refractivity contribution is 7.90. The van der Waals surface area contributed by atoms with Crippen LogP contribution in [-0.4, -0.2) is 19.4 Å². The molecule has 0 fully saturated rings. The molecule has 150 valence electrons. The van der Waals surface area contributed by atoms with Gasteiger partial charge < -0.3 is 10.6 Å². The Morgan fingerprint density at radius 3 is 2.38 bits per heavy atom. The molecule has 7 heteroatoms. The highest BCUT2D eigenvalue weighted by atomic mass is 32.2. The summed E-state index contributed by atoms with van der Waals surface area (Å²) in [6.45, 7) is 2.38. The van der Waals surface area contributed by atoms with Gasteiger partial charge >= 0.3 is 6.03 Å². The summed E-state index contributed by atoms with van der Waals surface area (Å²) in [4.78, 5) is 16.2. The van der Waals surface area contributed by atoms with E-state index in [0.717, 1.165) is 23.1 Å². The normalized spacial score (nSPS) is 11.1. The molecule has 0 radical (unpaired) electrons. The lowest BCUT2D eigenvalue weighted by molar-refractivity contribution is 0.251. The summed E-state index contributed by atoms with van der Waals surface area (Å²) in [6, 6.07) is 17.1. The first-order chi connectivity index (χ1) is 14.0. The Bertz CT molecular complexity index is 1070. The van der Waals surface area contributed by atoms with Crippen LogP contribution < -0.4 is 10.6 Å². The van der Waals surface area contributed by atoms with Crippen LogP contribution in [0.5, 0.6) is 0 Å². The number of anilines is 1. The van der Waals surface area contributed by atoms with Crippen LogP contribution in [-0.2, 0) is 28.6 Å². The molecule has 0 unspecified atom stereocenters. The van der Waals surface area contributed by atoms with Gasteiger partial charge in [0.25, 0.3) is 0 Å². The predicted octanol–water partition coefficient (Wildman–Crippen LogP) is 3.94. The van der Waals surface area contributed by atoms with Crippen LogP contribution in [0.3, 0.4) is 0 Å². The van der Waals surface area contributed by atoms with Crippen molar-refractivity contribution in [2.75, 3.05) is 5.32 Å². The lowest BCUT2D eigenvalue weighted by atomic mass is 10.1. The summed E-state index contributed by atoms with van der Waals surface area (Å²) in [5.74, 6) is -0.0563. The largest absolute Gasteiger partial charge is 0.334 e. The number of hydrogen-bond donors (Lipinski definition) is 2. The minimum atomic E-state index is -3.47. The third-order valence-electron chi connectivity index (χ3n) is 4.40. The number of amides is 2. The second-order valence-electron chi connectivity index (χ2n) is 6.63. The minimum Gasteiger partial charge on any atom is -0.334 e. The molecule has 0 bridgehead atoms. The first-order valence-corrected chi connectivity index (χ1v) is 11.0. The first-order valence-electron chi connectivity index (χ1n) is 9.30. The molecule has 3 rings (SSSR count). The van der Waals surface area contributed by atoms with Gasteiger partial charge in [-0.2, -0.15) is 0 Å². The van der Waals surface area contributed by atoms with E-state index in [1.54, 1.807) is 30.6 Å². The Labute approximate surface area is 170 Å². The van der Waals surface area contributed by atoms with Gasteiger partial charge in [-0.25, -0.2) is 13.2 Å². The smallest absolute Gasteiger partial charge is 0.319 e. The number of carbonyl (C=O) groups is 1. The van der Waals surface area contributed by atoms with E-state index in [9.17, 15) is 13.2 Å². The zero-order valence-corrected chi connectivity index (χ0v) is 16.9. The van der Waals surface area contributed by atoms with Crippen molar-refractivity contribution in [2.24, 2.45) is 0 Å². The standard InChI is InChI=1S/C22H23N3O3S/c1-2-17-5-3-6-18(13-17)16-29(27,28)21-10-8-20(9-11-21)25-22(26)24-15-19-7-4-12-23-14-19/h3-14H,2,15-16H2,1H3,(H2,24,25,26). The Balaban J connectivity index is 1.60. The molecule has 3 aromatic rings. The van der Waals surface area contributed by atoms with Crippen LogP contribution in [0.1, 0.15) is 23.6 Å². The van der Waals surface area contributed by atoms with E-state index in [-0.39, 0.29) is 16.7 Å². The van der Waals surface area contributed by atoms with Gasteiger partial charge in [-0.3, -0.25) is 4.98 Å². The van der Waals surface area contributed by atoms with Crippen LogP contribution >= 0.6 is 0 Å². The fraction of sp³-hybridized carbons (Fsp3) is 0.182. The quantitative estimate of drug-likeness (QED) is 0.619. The number of aromatic nitrogens is 1. The van der Waals surface area contributed by atoms with E-state index < -0.39 is 9.84 Å². The Morgan fingerprint density at radius 1 is 0.966 bits per heavy atom. The maximum Gasteiger partial charge on any atom is 0.319 e. The Morgan fingerprint density at radius 2 is 1.69 bits per heavy atom. The van der Waals surface area contributed by atoms with Gasteiger partial charge in [-0.15, -0.1) is 0 Å². The fourth-order valence-electron chi connectivity index (χ4n) is 2.85. The van der Waals surface area contributed by atoms with Crippen molar-refractivity contribution in [3.63, 3.8) is 0 Å². The lowest BCUT2D eigenvalue weighted by Gasteiger charge is -2.09. The summed E-state index contributed by atoms with van der Waals surface area (Å²) in [5, 5.41) is 5.42. The molecule has 0 aliphatic carbocycles. The maximum absolute atomic E-state index is 12.7. The number of pyridine rings is 1. The van der Waals surface area contributed by atoms with E-state index in [0.29, 0.717) is 12.2 Å². The first kappa shape index (κ1) is 20.5. The van der Waals surface area contributed by atoms with Gasteiger partial charge in [-0.05, 0) is 53.4 Å². The molecule has 0 saturated carbocycles.